The van der Waals surface area contributed by atoms with E-state index in [1.807, 2.05) is 12.3 Å². The Morgan fingerprint density at radius 2 is 2.41 bits per heavy atom. The lowest BCUT2D eigenvalue weighted by molar-refractivity contribution is 0.00626. The molecule has 1 aliphatic heterocycles. The SMILES string of the molecule is CCOC1CCCN(CCc2ccccn2)C1. The van der Waals surface area contributed by atoms with Gasteiger partial charge in [0, 0.05) is 38.0 Å². The van der Waals surface area contributed by atoms with Crippen molar-refractivity contribution in [3.05, 3.63) is 30.1 Å². The molecule has 2 rings (SSSR count). The molecule has 94 valence electrons. The topological polar surface area (TPSA) is 25.4 Å². The molecular weight excluding hydrogens is 212 g/mol. The molecule has 1 aromatic heterocycles. The quantitative estimate of drug-likeness (QED) is 0.780. The number of piperidine rings is 1. The predicted octanol–water partition coefficient (Wildman–Crippen LogP) is 2.12. The van der Waals surface area contributed by atoms with Gasteiger partial charge < -0.3 is 9.64 Å². The van der Waals surface area contributed by atoms with E-state index in [1.54, 1.807) is 0 Å². The minimum Gasteiger partial charge on any atom is -0.377 e. The van der Waals surface area contributed by atoms with Crippen molar-refractivity contribution in [3.63, 3.8) is 0 Å². The van der Waals surface area contributed by atoms with Crippen LogP contribution in [0.15, 0.2) is 24.4 Å². The van der Waals surface area contributed by atoms with Crippen LogP contribution in [0, 0.1) is 0 Å². The van der Waals surface area contributed by atoms with E-state index in [0.29, 0.717) is 6.10 Å². The zero-order chi connectivity index (χ0) is 11.9. The van der Waals surface area contributed by atoms with E-state index in [-0.39, 0.29) is 0 Å². The average molecular weight is 234 g/mol. The van der Waals surface area contributed by atoms with Gasteiger partial charge in [0.15, 0.2) is 0 Å². The fourth-order valence-corrected chi connectivity index (χ4v) is 2.41. The summed E-state index contributed by atoms with van der Waals surface area (Å²) in [4.78, 5) is 6.86. The number of ether oxygens (including phenoxy) is 1. The van der Waals surface area contributed by atoms with Crippen LogP contribution in [-0.4, -0.2) is 42.2 Å². The van der Waals surface area contributed by atoms with Crippen LogP contribution in [0.5, 0.6) is 0 Å². The number of rotatable bonds is 5. The number of aromatic nitrogens is 1. The van der Waals surface area contributed by atoms with E-state index in [4.69, 9.17) is 4.74 Å². The fourth-order valence-electron chi connectivity index (χ4n) is 2.41. The second-order valence-corrected chi connectivity index (χ2v) is 4.59. The van der Waals surface area contributed by atoms with Crippen LogP contribution in [-0.2, 0) is 11.2 Å². The molecule has 1 fully saturated rings. The van der Waals surface area contributed by atoms with Crippen molar-refractivity contribution in [3.8, 4) is 0 Å². The number of pyridine rings is 1. The van der Waals surface area contributed by atoms with Gasteiger partial charge in [-0.2, -0.15) is 0 Å². The lowest BCUT2D eigenvalue weighted by Gasteiger charge is -2.32. The lowest BCUT2D eigenvalue weighted by Crippen LogP contribution is -2.40. The van der Waals surface area contributed by atoms with Crippen molar-refractivity contribution in [1.82, 2.24) is 9.88 Å². The molecular formula is C14H22N2O. The molecule has 1 unspecified atom stereocenters. The zero-order valence-electron chi connectivity index (χ0n) is 10.6. The first-order valence-corrected chi connectivity index (χ1v) is 6.62. The van der Waals surface area contributed by atoms with E-state index in [2.05, 4.69) is 28.9 Å². The monoisotopic (exact) mass is 234 g/mol. The Hall–Kier alpha value is -0.930. The lowest BCUT2D eigenvalue weighted by atomic mass is 10.1. The van der Waals surface area contributed by atoms with Gasteiger partial charge >= 0.3 is 0 Å². The maximum absolute atomic E-state index is 5.71. The molecule has 1 atom stereocenters. The second-order valence-electron chi connectivity index (χ2n) is 4.59. The molecule has 3 heteroatoms. The summed E-state index contributed by atoms with van der Waals surface area (Å²) in [6.45, 7) is 6.29. The van der Waals surface area contributed by atoms with Gasteiger partial charge in [0.05, 0.1) is 6.10 Å². The van der Waals surface area contributed by atoms with Crippen LogP contribution >= 0.6 is 0 Å². The summed E-state index contributed by atoms with van der Waals surface area (Å²) in [6, 6.07) is 6.13. The average Bonchev–Trinajstić information content (AvgIpc) is 2.39. The van der Waals surface area contributed by atoms with Gasteiger partial charge in [0.25, 0.3) is 0 Å². The van der Waals surface area contributed by atoms with Gasteiger partial charge in [-0.15, -0.1) is 0 Å². The maximum atomic E-state index is 5.71. The number of hydrogen-bond acceptors (Lipinski definition) is 3. The number of nitrogens with zero attached hydrogens (tertiary/aromatic N) is 2. The smallest absolute Gasteiger partial charge is 0.0702 e. The maximum Gasteiger partial charge on any atom is 0.0702 e. The van der Waals surface area contributed by atoms with E-state index < -0.39 is 0 Å². The van der Waals surface area contributed by atoms with Gasteiger partial charge in [-0.25, -0.2) is 0 Å². The van der Waals surface area contributed by atoms with Gasteiger partial charge in [-0.05, 0) is 38.4 Å². The largest absolute Gasteiger partial charge is 0.377 e. The van der Waals surface area contributed by atoms with Crippen molar-refractivity contribution in [2.75, 3.05) is 26.2 Å². The Kier molecular flexibility index (Phi) is 4.95. The summed E-state index contributed by atoms with van der Waals surface area (Å²) in [5.74, 6) is 0. The standard InChI is InChI=1S/C14H22N2O/c1-2-17-14-7-5-10-16(12-14)11-8-13-6-3-4-9-15-13/h3-4,6,9,14H,2,5,7-8,10-12H2,1H3. The highest BCUT2D eigenvalue weighted by Gasteiger charge is 2.19. The molecule has 1 aromatic rings. The van der Waals surface area contributed by atoms with Gasteiger partial charge in [0.1, 0.15) is 0 Å². The summed E-state index contributed by atoms with van der Waals surface area (Å²) in [6.07, 6.45) is 5.83. The summed E-state index contributed by atoms with van der Waals surface area (Å²) < 4.78 is 5.71. The Morgan fingerprint density at radius 1 is 1.47 bits per heavy atom. The predicted molar refractivity (Wildman–Crippen MR) is 69.0 cm³/mol. The highest BCUT2D eigenvalue weighted by molar-refractivity contribution is 5.03. The Balaban J connectivity index is 1.75. The molecule has 0 radical (unpaired) electrons. The van der Waals surface area contributed by atoms with E-state index >= 15 is 0 Å². The van der Waals surface area contributed by atoms with Crippen LogP contribution in [0.1, 0.15) is 25.5 Å². The Morgan fingerprint density at radius 3 is 3.18 bits per heavy atom. The van der Waals surface area contributed by atoms with Crippen LogP contribution in [0.2, 0.25) is 0 Å². The highest BCUT2D eigenvalue weighted by atomic mass is 16.5. The summed E-state index contributed by atoms with van der Waals surface area (Å²) >= 11 is 0. The molecule has 3 nitrogen and oxygen atoms in total. The molecule has 1 aliphatic rings. The van der Waals surface area contributed by atoms with Crippen molar-refractivity contribution >= 4 is 0 Å². The van der Waals surface area contributed by atoms with Gasteiger partial charge in [-0.3, -0.25) is 4.98 Å². The molecule has 0 aromatic carbocycles. The van der Waals surface area contributed by atoms with Gasteiger partial charge in [-0.1, -0.05) is 6.07 Å². The summed E-state index contributed by atoms with van der Waals surface area (Å²) in [5.41, 5.74) is 1.19. The third kappa shape index (κ3) is 4.10. The molecule has 1 saturated heterocycles. The molecule has 0 spiro atoms. The van der Waals surface area contributed by atoms with Crippen molar-refractivity contribution in [2.24, 2.45) is 0 Å². The molecule has 0 bridgehead atoms. The van der Waals surface area contributed by atoms with Crippen LogP contribution in [0.4, 0.5) is 0 Å². The van der Waals surface area contributed by atoms with Crippen molar-refractivity contribution in [1.29, 1.82) is 0 Å². The fraction of sp³-hybridized carbons (Fsp3) is 0.643. The second kappa shape index (κ2) is 6.72. The summed E-state index contributed by atoms with van der Waals surface area (Å²) in [7, 11) is 0. The minimum atomic E-state index is 0.442. The van der Waals surface area contributed by atoms with E-state index in [9.17, 15) is 0 Å². The van der Waals surface area contributed by atoms with Crippen molar-refractivity contribution in [2.45, 2.75) is 32.3 Å². The third-order valence-corrected chi connectivity index (χ3v) is 3.27. The first-order chi connectivity index (χ1) is 8.38. The van der Waals surface area contributed by atoms with E-state index in [0.717, 1.165) is 26.1 Å². The number of hydrogen-bond donors (Lipinski definition) is 0. The van der Waals surface area contributed by atoms with Crippen molar-refractivity contribution < 1.29 is 4.74 Å². The zero-order valence-corrected chi connectivity index (χ0v) is 10.6. The molecule has 0 amide bonds. The molecule has 0 N–H and O–H groups in total. The first kappa shape index (κ1) is 12.5. The molecule has 2 heterocycles. The highest BCUT2D eigenvalue weighted by Crippen LogP contribution is 2.13. The number of likely N-dealkylation sites (tertiary alicyclic amines) is 1. The van der Waals surface area contributed by atoms with E-state index in [1.165, 1.54) is 25.1 Å². The third-order valence-electron chi connectivity index (χ3n) is 3.27. The Bertz CT molecular complexity index is 313. The molecule has 0 aliphatic carbocycles. The molecule has 0 saturated carbocycles. The van der Waals surface area contributed by atoms with Gasteiger partial charge in [0.2, 0.25) is 0 Å². The van der Waals surface area contributed by atoms with Crippen LogP contribution in [0.25, 0.3) is 0 Å². The first-order valence-electron chi connectivity index (χ1n) is 6.62. The van der Waals surface area contributed by atoms with Crippen LogP contribution in [0.3, 0.4) is 0 Å². The minimum absolute atomic E-state index is 0.442. The van der Waals surface area contributed by atoms with Crippen LogP contribution < -0.4 is 0 Å². The summed E-state index contributed by atoms with van der Waals surface area (Å²) in [5, 5.41) is 0. The normalized spacial score (nSPS) is 21.6. The molecule has 17 heavy (non-hydrogen) atoms. The Labute approximate surface area is 104 Å².